The molecule has 182 valence electrons. The van der Waals surface area contributed by atoms with E-state index in [-0.39, 0.29) is 11.7 Å². The first kappa shape index (κ1) is 24.0. The van der Waals surface area contributed by atoms with Gasteiger partial charge in [0.1, 0.15) is 5.75 Å². The number of oxazole rings is 1. The zero-order chi connectivity index (χ0) is 24.9. The number of anilines is 3. The number of para-hydroxylation sites is 1. The van der Waals surface area contributed by atoms with E-state index in [1.165, 1.54) is 16.7 Å². The summed E-state index contributed by atoms with van der Waals surface area (Å²) >= 11 is 0. The van der Waals surface area contributed by atoms with Crippen molar-refractivity contribution in [3.8, 4) is 5.75 Å². The van der Waals surface area contributed by atoms with Gasteiger partial charge in [0.25, 0.3) is 5.91 Å². The van der Waals surface area contributed by atoms with Crippen molar-refractivity contribution in [2.45, 2.75) is 13.2 Å². The molecule has 0 aliphatic rings. The Morgan fingerprint density at radius 1 is 1.06 bits per heavy atom. The number of likely N-dealkylation sites (N-methyl/N-ethyl adjacent to an activating group) is 1. The van der Waals surface area contributed by atoms with Gasteiger partial charge in [-0.2, -0.15) is 8.78 Å². The first-order valence-electron chi connectivity index (χ1n) is 10.8. The molecule has 0 unspecified atom stereocenters. The highest BCUT2D eigenvalue weighted by Crippen LogP contribution is 2.25. The molecule has 0 atom stereocenters. The molecule has 0 aliphatic carbocycles. The lowest BCUT2D eigenvalue weighted by Gasteiger charge is -2.13. The van der Waals surface area contributed by atoms with Crippen LogP contribution in [0.4, 0.5) is 25.8 Å². The maximum absolute atomic E-state index is 13.1. The van der Waals surface area contributed by atoms with Crippen LogP contribution in [0.2, 0.25) is 0 Å². The monoisotopic (exact) mass is 482 g/mol. The molecule has 1 aromatic heterocycles. The van der Waals surface area contributed by atoms with Crippen LogP contribution in [-0.2, 0) is 6.54 Å². The van der Waals surface area contributed by atoms with E-state index in [0.29, 0.717) is 46.8 Å². The number of aromatic nitrogens is 1. The molecule has 0 bridgehead atoms. The van der Waals surface area contributed by atoms with Gasteiger partial charge in [0.2, 0.25) is 0 Å². The Hall–Kier alpha value is -4.18. The SMILES string of the molecule is CN(C)CCn1c(=O)oc2ccc(NC(=O)c3ccccc3Nc3ccc(OC(F)F)cc3)cc21. The number of hydrogen-bond donors (Lipinski definition) is 2. The Morgan fingerprint density at radius 2 is 1.77 bits per heavy atom. The van der Waals surface area contributed by atoms with E-state index in [1.807, 2.05) is 19.0 Å². The van der Waals surface area contributed by atoms with Crippen molar-refractivity contribution in [1.82, 2.24) is 9.47 Å². The maximum atomic E-state index is 13.1. The minimum Gasteiger partial charge on any atom is -0.435 e. The average Bonchev–Trinajstić information content (AvgIpc) is 3.13. The third-order valence-corrected chi connectivity index (χ3v) is 5.23. The second kappa shape index (κ2) is 10.4. The number of hydrogen-bond acceptors (Lipinski definition) is 6. The molecule has 0 aliphatic heterocycles. The van der Waals surface area contributed by atoms with E-state index in [4.69, 9.17) is 4.42 Å². The van der Waals surface area contributed by atoms with Gasteiger partial charge in [-0.05, 0) is 68.7 Å². The molecule has 4 aromatic rings. The summed E-state index contributed by atoms with van der Waals surface area (Å²) < 4.78 is 35.9. The van der Waals surface area contributed by atoms with Crippen molar-refractivity contribution in [3.63, 3.8) is 0 Å². The van der Waals surface area contributed by atoms with Crippen molar-refractivity contribution in [1.29, 1.82) is 0 Å². The highest BCUT2D eigenvalue weighted by atomic mass is 19.3. The lowest BCUT2D eigenvalue weighted by molar-refractivity contribution is -0.0498. The van der Waals surface area contributed by atoms with Gasteiger partial charge < -0.3 is 24.7 Å². The van der Waals surface area contributed by atoms with Crippen LogP contribution >= 0.6 is 0 Å². The van der Waals surface area contributed by atoms with E-state index >= 15 is 0 Å². The summed E-state index contributed by atoms with van der Waals surface area (Å²) in [6.45, 7) is -1.80. The van der Waals surface area contributed by atoms with Gasteiger partial charge in [-0.3, -0.25) is 9.36 Å². The van der Waals surface area contributed by atoms with E-state index in [0.717, 1.165) is 0 Å². The average molecular weight is 482 g/mol. The number of carbonyl (C=O) groups excluding carboxylic acids is 1. The molecular formula is C25H24F2N4O4. The highest BCUT2D eigenvalue weighted by molar-refractivity contribution is 6.08. The number of halogens is 2. The number of nitrogens with one attached hydrogen (secondary N) is 2. The molecule has 35 heavy (non-hydrogen) atoms. The smallest absolute Gasteiger partial charge is 0.419 e. The Bertz CT molecular complexity index is 1380. The van der Waals surface area contributed by atoms with Gasteiger partial charge in [0.05, 0.1) is 16.8 Å². The molecule has 8 nitrogen and oxygen atoms in total. The van der Waals surface area contributed by atoms with Crippen molar-refractivity contribution in [3.05, 3.63) is 82.8 Å². The summed E-state index contributed by atoms with van der Waals surface area (Å²) in [6, 6.07) is 17.9. The maximum Gasteiger partial charge on any atom is 0.419 e. The van der Waals surface area contributed by atoms with Crippen LogP contribution < -0.4 is 21.1 Å². The third kappa shape index (κ3) is 5.85. The molecule has 0 radical (unpaired) electrons. The summed E-state index contributed by atoms with van der Waals surface area (Å²) in [5, 5.41) is 5.98. The summed E-state index contributed by atoms with van der Waals surface area (Å²) in [7, 11) is 3.83. The van der Waals surface area contributed by atoms with Gasteiger partial charge in [-0.1, -0.05) is 12.1 Å². The molecule has 10 heteroatoms. The molecule has 1 heterocycles. The Balaban J connectivity index is 1.53. The number of amides is 1. The largest absolute Gasteiger partial charge is 0.435 e. The van der Waals surface area contributed by atoms with E-state index < -0.39 is 12.4 Å². The minimum atomic E-state index is -2.90. The fourth-order valence-electron chi connectivity index (χ4n) is 3.52. The predicted octanol–water partition coefficient (Wildman–Crippen LogP) is 4.75. The Kier molecular flexibility index (Phi) is 7.11. The van der Waals surface area contributed by atoms with Crippen molar-refractivity contribution in [2.24, 2.45) is 0 Å². The summed E-state index contributed by atoms with van der Waals surface area (Å²) in [5.74, 6) is -0.782. The van der Waals surface area contributed by atoms with E-state index in [9.17, 15) is 18.4 Å². The van der Waals surface area contributed by atoms with Gasteiger partial charge in [-0.25, -0.2) is 4.79 Å². The molecule has 0 spiro atoms. The standard InChI is InChI=1S/C25H24F2N4O4/c1-30(2)13-14-31-21-15-17(9-12-22(21)35-25(31)33)29-23(32)19-5-3-4-6-20(19)28-16-7-10-18(11-8-16)34-24(26)27/h3-12,15,24,28H,13-14H2,1-2H3,(H,29,32). The van der Waals surface area contributed by atoms with Gasteiger partial charge in [-0.15, -0.1) is 0 Å². The molecule has 0 fully saturated rings. The van der Waals surface area contributed by atoms with E-state index in [1.54, 1.807) is 54.6 Å². The first-order valence-corrected chi connectivity index (χ1v) is 10.8. The fourth-order valence-corrected chi connectivity index (χ4v) is 3.52. The lowest BCUT2D eigenvalue weighted by atomic mass is 10.1. The topological polar surface area (TPSA) is 88.7 Å². The molecular weight excluding hydrogens is 458 g/mol. The normalized spacial score (nSPS) is 11.3. The molecule has 0 saturated heterocycles. The second-order valence-electron chi connectivity index (χ2n) is 8.03. The summed E-state index contributed by atoms with van der Waals surface area (Å²) in [5.41, 5.74) is 3.03. The molecule has 3 aromatic carbocycles. The highest BCUT2D eigenvalue weighted by Gasteiger charge is 2.15. The lowest BCUT2D eigenvalue weighted by Crippen LogP contribution is -2.23. The van der Waals surface area contributed by atoms with Crippen LogP contribution in [0.25, 0.3) is 11.1 Å². The van der Waals surface area contributed by atoms with Crippen LogP contribution in [0.1, 0.15) is 10.4 Å². The molecule has 0 saturated carbocycles. The predicted molar refractivity (Wildman–Crippen MR) is 130 cm³/mol. The number of alkyl halides is 2. The van der Waals surface area contributed by atoms with Crippen molar-refractivity contribution < 1.29 is 22.7 Å². The van der Waals surface area contributed by atoms with Crippen LogP contribution in [0.5, 0.6) is 5.75 Å². The zero-order valence-corrected chi connectivity index (χ0v) is 19.1. The van der Waals surface area contributed by atoms with Crippen LogP contribution in [-0.4, -0.2) is 42.6 Å². The third-order valence-electron chi connectivity index (χ3n) is 5.23. The fraction of sp³-hybridized carbons (Fsp3) is 0.200. The number of ether oxygens (including phenoxy) is 1. The van der Waals surface area contributed by atoms with Gasteiger partial charge >= 0.3 is 12.4 Å². The Labute approximate surface area is 199 Å². The summed E-state index contributed by atoms with van der Waals surface area (Å²) in [6.07, 6.45) is 0. The number of benzene rings is 3. The quantitative estimate of drug-likeness (QED) is 0.358. The molecule has 4 rings (SSSR count). The Morgan fingerprint density at radius 3 is 2.49 bits per heavy atom. The number of nitrogens with zero attached hydrogens (tertiary/aromatic N) is 2. The number of rotatable bonds is 9. The molecule has 1 amide bonds. The van der Waals surface area contributed by atoms with Crippen LogP contribution in [0.15, 0.2) is 75.9 Å². The van der Waals surface area contributed by atoms with Crippen LogP contribution in [0, 0.1) is 0 Å². The first-order chi connectivity index (χ1) is 16.8. The van der Waals surface area contributed by atoms with Crippen molar-refractivity contribution in [2.75, 3.05) is 31.3 Å². The summed E-state index contributed by atoms with van der Waals surface area (Å²) in [4.78, 5) is 27.3. The number of fused-ring (bicyclic) bond motifs is 1. The van der Waals surface area contributed by atoms with E-state index in [2.05, 4.69) is 15.4 Å². The second-order valence-corrected chi connectivity index (χ2v) is 8.03. The zero-order valence-electron chi connectivity index (χ0n) is 19.1. The number of carbonyl (C=O) groups is 1. The van der Waals surface area contributed by atoms with Gasteiger partial charge in [0.15, 0.2) is 5.58 Å². The van der Waals surface area contributed by atoms with Crippen molar-refractivity contribution >= 4 is 34.1 Å². The molecule has 2 N–H and O–H groups in total. The van der Waals surface area contributed by atoms with Gasteiger partial charge in [0, 0.05) is 24.5 Å². The van der Waals surface area contributed by atoms with Crippen LogP contribution in [0.3, 0.4) is 0 Å². The minimum absolute atomic E-state index is 0.0373.